The van der Waals surface area contributed by atoms with Crippen molar-refractivity contribution < 1.29 is 5.11 Å². The van der Waals surface area contributed by atoms with E-state index in [-0.39, 0.29) is 6.61 Å². The first kappa shape index (κ1) is 10.1. The molecule has 0 saturated carbocycles. The minimum absolute atomic E-state index is 0.0578. The highest BCUT2D eigenvalue weighted by Crippen LogP contribution is 2.23. The van der Waals surface area contributed by atoms with Gasteiger partial charge in [0.05, 0.1) is 17.3 Å². The van der Waals surface area contributed by atoms with Crippen molar-refractivity contribution in [3.05, 3.63) is 53.2 Å². The molecule has 0 bridgehead atoms. The Bertz CT molecular complexity index is 456. The molecule has 2 nitrogen and oxygen atoms in total. The molecule has 76 valence electrons. The number of aromatic nitrogens is 1. The smallest absolute Gasteiger partial charge is 0.0758 e. The summed E-state index contributed by atoms with van der Waals surface area (Å²) in [6, 6.07) is 11.5. The molecule has 0 unspecified atom stereocenters. The highest BCUT2D eigenvalue weighted by atomic mass is 35.5. The minimum Gasteiger partial charge on any atom is -0.392 e. The van der Waals surface area contributed by atoms with Crippen molar-refractivity contribution in [3.8, 4) is 11.3 Å². The van der Waals surface area contributed by atoms with E-state index in [0.29, 0.717) is 5.02 Å². The lowest BCUT2D eigenvalue weighted by Gasteiger charge is -2.06. The highest BCUT2D eigenvalue weighted by Gasteiger charge is 2.05. The van der Waals surface area contributed by atoms with Gasteiger partial charge >= 0.3 is 0 Å². The van der Waals surface area contributed by atoms with Crippen molar-refractivity contribution in [2.45, 2.75) is 6.61 Å². The molecular formula is C12H10ClNO. The first-order valence-electron chi connectivity index (χ1n) is 4.62. The number of hydrogen-bond acceptors (Lipinski definition) is 2. The molecule has 0 radical (unpaired) electrons. The van der Waals surface area contributed by atoms with Crippen LogP contribution < -0.4 is 0 Å². The molecule has 1 heterocycles. The second kappa shape index (κ2) is 4.43. The number of nitrogens with zero attached hydrogens (tertiary/aromatic N) is 1. The summed E-state index contributed by atoms with van der Waals surface area (Å²) in [5.74, 6) is 0. The summed E-state index contributed by atoms with van der Waals surface area (Å²) in [6.07, 6.45) is 1.59. The molecule has 0 aliphatic rings. The molecule has 2 aromatic rings. The predicted octanol–water partition coefficient (Wildman–Crippen LogP) is 2.89. The Kier molecular flexibility index (Phi) is 2.99. The molecule has 0 fully saturated rings. The quantitative estimate of drug-likeness (QED) is 0.843. The molecule has 0 atom stereocenters. The zero-order valence-corrected chi connectivity index (χ0v) is 8.78. The van der Waals surface area contributed by atoms with E-state index in [1.807, 2.05) is 30.3 Å². The summed E-state index contributed by atoms with van der Waals surface area (Å²) in [4.78, 5) is 4.23. The third-order valence-corrected chi connectivity index (χ3v) is 2.36. The van der Waals surface area contributed by atoms with Crippen LogP contribution in [0.25, 0.3) is 11.3 Å². The Labute approximate surface area is 93.2 Å². The van der Waals surface area contributed by atoms with Crippen LogP contribution in [0.5, 0.6) is 0 Å². The zero-order chi connectivity index (χ0) is 10.7. The van der Waals surface area contributed by atoms with Gasteiger partial charge < -0.3 is 5.11 Å². The summed E-state index contributed by atoms with van der Waals surface area (Å²) in [5.41, 5.74) is 2.51. The van der Waals surface area contributed by atoms with Crippen LogP contribution in [0, 0.1) is 0 Å². The lowest BCUT2D eigenvalue weighted by atomic mass is 10.1. The zero-order valence-electron chi connectivity index (χ0n) is 8.02. The topological polar surface area (TPSA) is 33.1 Å². The van der Waals surface area contributed by atoms with E-state index in [4.69, 9.17) is 11.6 Å². The Morgan fingerprint density at radius 3 is 2.60 bits per heavy atom. The van der Waals surface area contributed by atoms with Gasteiger partial charge in [0, 0.05) is 17.3 Å². The van der Waals surface area contributed by atoms with Crippen LogP contribution in [0.3, 0.4) is 0 Å². The van der Waals surface area contributed by atoms with Crippen LogP contribution in [0.1, 0.15) is 5.56 Å². The van der Waals surface area contributed by atoms with E-state index in [2.05, 4.69) is 4.98 Å². The second-order valence-electron chi connectivity index (χ2n) is 3.19. The Hall–Kier alpha value is -1.38. The fraction of sp³-hybridized carbons (Fsp3) is 0.0833. The van der Waals surface area contributed by atoms with Gasteiger partial charge in [-0.25, -0.2) is 0 Å². The van der Waals surface area contributed by atoms with Crippen molar-refractivity contribution in [2.75, 3.05) is 0 Å². The van der Waals surface area contributed by atoms with E-state index in [9.17, 15) is 5.11 Å². The second-order valence-corrected chi connectivity index (χ2v) is 3.62. The molecule has 0 amide bonds. The standard InChI is InChI=1S/C12H10ClNO/c13-11-6-10(8-15)12(14-7-11)9-4-2-1-3-5-9/h1-7,15H,8H2. The average Bonchev–Trinajstić information content (AvgIpc) is 2.30. The number of benzene rings is 1. The van der Waals surface area contributed by atoms with Crippen LogP contribution in [-0.2, 0) is 6.61 Å². The number of aliphatic hydroxyl groups excluding tert-OH is 1. The summed E-state index contributed by atoms with van der Waals surface area (Å²) in [5, 5.41) is 9.75. The predicted molar refractivity (Wildman–Crippen MR) is 60.6 cm³/mol. The van der Waals surface area contributed by atoms with E-state index in [0.717, 1.165) is 16.8 Å². The van der Waals surface area contributed by atoms with Gasteiger partial charge in [-0.3, -0.25) is 4.98 Å². The first-order valence-corrected chi connectivity index (χ1v) is 5.00. The molecular weight excluding hydrogens is 210 g/mol. The van der Waals surface area contributed by atoms with E-state index in [1.165, 1.54) is 0 Å². The van der Waals surface area contributed by atoms with Crippen LogP contribution in [-0.4, -0.2) is 10.1 Å². The lowest BCUT2D eigenvalue weighted by molar-refractivity contribution is 0.282. The van der Waals surface area contributed by atoms with Crippen molar-refractivity contribution in [1.82, 2.24) is 4.98 Å². The number of hydrogen-bond donors (Lipinski definition) is 1. The van der Waals surface area contributed by atoms with Gasteiger partial charge in [-0.1, -0.05) is 41.9 Å². The van der Waals surface area contributed by atoms with Crippen molar-refractivity contribution in [3.63, 3.8) is 0 Å². The van der Waals surface area contributed by atoms with Gasteiger partial charge in [0.1, 0.15) is 0 Å². The fourth-order valence-electron chi connectivity index (χ4n) is 1.46. The maximum absolute atomic E-state index is 9.21. The SMILES string of the molecule is OCc1cc(Cl)cnc1-c1ccccc1. The molecule has 1 aromatic carbocycles. The first-order chi connectivity index (χ1) is 7.31. The van der Waals surface area contributed by atoms with E-state index in [1.54, 1.807) is 12.3 Å². The Morgan fingerprint density at radius 1 is 1.20 bits per heavy atom. The molecule has 0 aliphatic heterocycles. The number of rotatable bonds is 2. The normalized spacial score (nSPS) is 10.3. The number of aliphatic hydroxyl groups is 1. The third kappa shape index (κ3) is 2.17. The van der Waals surface area contributed by atoms with Crippen LogP contribution in [0.4, 0.5) is 0 Å². The maximum Gasteiger partial charge on any atom is 0.0758 e. The third-order valence-electron chi connectivity index (χ3n) is 2.15. The van der Waals surface area contributed by atoms with Crippen LogP contribution in [0.15, 0.2) is 42.6 Å². The molecule has 1 N–H and O–H groups in total. The van der Waals surface area contributed by atoms with Gasteiger partial charge in [-0.05, 0) is 6.07 Å². The largest absolute Gasteiger partial charge is 0.392 e. The molecule has 0 aliphatic carbocycles. The molecule has 3 heteroatoms. The van der Waals surface area contributed by atoms with Gasteiger partial charge in [0.25, 0.3) is 0 Å². The molecule has 0 spiro atoms. The number of halogens is 1. The summed E-state index contributed by atoms with van der Waals surface area (Å²) in [6.45, 7) is -0.0578. The molecule has 2 rings (SSSR count). The minimum atomic E-state index is -0.0578. The summed E-state index contributed by atoms with van der Waals surface area (Å²) < 4.78 is 0. The Balaban J connectivity index is 2.53. The van der Waals surface area contributed by atoms with Gasteiger partial charge in [-0.15, -0.1) is 0 Å². The van der Waals surface area contributed by atoms with Gasteiger partial charge in [-0.2, -0.15) is 0 Å². The van der Waals surface area contributed by atoms with Crippen LogP contribution >= 0.6 is 11.6 Å². The molecule has 0 saturated heterocycles. The monoisotopic (exact) mass is 219 g/mol. The number of pyridine rings is 1. The Morgan fingerprint density at radius 2 is 1.93 bits per heavy atom. The lowest BCUT2D eigenvalue weighted by Crippen LogP contribution is -1.92. The fourth-order valence-corrected chi connectivity index (χ4v) is 1.64. The van der Waals surface area contributed by atoms with Gasteiger partial charge in [0.15, 0.2) is 0 Å². The molecule has 1 aromatic heterocycles. The van der Waals surface area contributed by atoms with E-state index < -0.39 is 0 Å². The van der Waals surface area contributed by atoms with E-state index >= 15 is 0 Å². The molecule has 15 heavy (non-hydrogen) atoms. The van der Waals surface area contributed by atoms with Gasteiger partial charge in [0.2, 0.25) is 0 Å². The highest BCUT2D eigenvalue weighted by molar-refractivity contribution is 6.30. The van der Waals surface area contributed by atoms with Crippen molar-refractivity contribution >= 4 is 11.6 Å². The maximum atomic E-state index is 9.21. The summed E-state index contributed by atoms with van der Waals surface area (Å²) >= 11 is 5.81. The van der Waals surface area contributed by atoms with Crippen LogP contribution in [0.2, 0.25) is 5.02 Å². The van der Waals surface area contributed by atoms with Crippen molar-refractivity contribution in [2.24, 2.45) is 0 Å². The average molecular weight is 220 g/mol. The van der Waals surface area contributed by atoms with Crippen molar-refractivity contribution in [1.29, 1.82) is 0 Å². The summed E-state index contributed by atoms with van der Waals surface area (Å²) in [7, 11) is 0.